The van der Waals surface area contributed by atoms with Crippen LogP contribution in [-0.4, -0.2) is 15.2 Å². The number of benzene rings is 1. The summed E-state index contributed by atoms with van der Waals surface area (Å²) in [6, 6.07) is 1.67. The van der Waals surface area contributed by atoms with Crippen LogP contribution < -0.4 is 5.73 Å². The maximum atomic E-state index is 12.9. The Morgan fingerprint density at radius 1 is 1.37 bits per heavy atom. The SMILES string of the molecule is NCc1nc(-c2cc(Br)c(O)cc2C(F)(F)F)no1. The van der Waals surface area contributed by atoms with Crippen molar-refractivity contribution in [3.05, 3.63) is 28.1 Å². The Morgan fingerprint density at radius 2 is 2.05 bits per heavy atom. The van der Waals surface area contributed by atoms with Crippen molar-refractivity contribution in [3.8, 4) is 17.1 Å². The molecular formula is C10H7BrF3N3O2. The molecule has 0 amide bonds. The zero-order valence-corrected chi connectivity index (χ0v) is 10.8. The fraction of sp³-hybridized carbons (Fsp3) is 0.200. The Hall–Kier alpha value is -1.61. The van der Waals surface area contributed by atoms with E-state index in [0.29, 0.717) is 6.07 Å². The lowest BCUT2D eigenvalue weighted by Crippen LogP contribution is -2.08. The van der Waals surface area contributed by atoms with Crippen molar-refractivity contribution >= 4 is 15.9 Å². The van der Waals surface area contributed by atoms with Gasteiger partial charge in [0.15, 0.2) is 0 Å². The van der Waals surface area contributed by atoms with Crippen LogP contribution in [0.25, 0.3) is 11.4 Å². The molecule has 0 atom stereocenters. The van der Waals surface area contributed by atoms with Crippen molar-refractivity contribution in [1.29, 1.82) is 0 Å². The van der Waals surface area contributed by atoms with Crippen molar-refractivity contribution < 1.29 is 22.8 Å². The number of rotatable bonds is 2. The highest BCUT2D eigenvalue weighted by Gasteiger charge is 2.36. The van der Waals surface area contributed by atoms with Crippen molar-refractivity contribution in [2.45, 2.75) is 12.7 Å². The van der Waals surface area contributed by atoms with Gasteiger partial charge in [0.2, 0.25) is 11.7 Å². The highest BCUT2D eigenvalue weighted by Crippen LogP contribution is 2.41. The summed E-state index contributed by atoms with van der Waals surface area (Å²) in [5.74, 6) is -0.751. The number of aromatic nitrogens is 2. The number of hydrogen-bond acceptors (Lipinski definition) is 5. The van der Waals surface area contributed by atoms with E-state index in [2.05, 4.69) is 30.6 Å². The van der Waals surface area contributed by atoms with E-state index in [9.17, 15) is 18.3 Å². The number of halogens is 4. The molecule has 0 bridgehead atoms. The van der Waals surface area contributed by atoms with Crippen LogP contribution in [0.4, 0.5) is 13.2 Å². The van der Waals surface area contributed by atoms with Gasteiger partial charge in [-0.15, -0.1) is 0 Å². The molecule has 19 heavy (non-hydrogen) atoms. The fourth-order valence-electron chi connectivity index (χ4n) is 1.43. The van der Waals surface area contributed by atoms with Crippen LogP contribution >= 0.6 is 15.9 Å². The Bertz CT molecular complexity index is 613. The minimum absolute atomic E-state index is 0.0207. The summed E-state index contributed by atoms with van der Waals surface area (Å²) in [6.45, 7) is -0.0758. The van der Waals surface area contributed by atoms with Crippen LogP contribution in [0.2, 0.25) is 0 Å². The average Bonchev–Trinajstić information content (AvgIpc) is 2.79. The van der Waals surface area contributed by atoms with E-state index in [1.807, 2.05) is 0 Å². The van der Waals surface area contributed by atoms with Crippen molar-refractivity contribution in [1.82, 2.24) is 10.1 Å². The maximum Gasteiger partial charge on any atom is 0.417 e. The minimum Gasteiger partial charge on any atom is -0.507 e. The predicted octanol–water partition coefficient (Wildman–Crippen LogP) is 2.68. The van der Waals surface area contributed by atoms with Gasteiger partial charge >= 0.3 is 6.18 Å². The normalized spacial score (nSPS) is 11.8. The molecule has 0 fully saturated rings. The number of phenolic OH excluding ortho intramolecular Hbond substituents is 1. The van der Waals surface area contributed by atoms with Gasteiger partial charge in [-0.1, -0.05) is 5.16 Å². The van der Waals surface area contributed by atoms with Gasteiger partial charge in [-0.05, 0) is 28.1 Å². The van der Waals surface area contributed by atoms with Gasteiger partial charge in [0.1, 0.15) is 5.75 Å². The number of nitrogens with zero attached hydrogens (tertiary/aromatic N) is 2. The van der Waals surface area contributed by atoms with Crippen LogP contribution in [0.3, 0.4) is 0 Å². The first-order valence-electron chi connectivity index (χ1n) is 4.95. The third kappa shape index (κ3) is 2.71. The standard InChI is InChI=1S/C10H7BrF3N3O2/c11-6-1-4(9-16-8(3-15)19-17-9)5(2-7(6)18)10(12,13)14/h1-2,18H,3,15H2. The molecule has 0 aliphatic heterocycles. The van der Waals surface area contributed by atoms with Crippen LogP contribution in [0.1, 0.15) is 11.5 Å². The molecule has 9 heteroatoms. The molecule has 2 rings (SSSR count). The zero-order valence-electron chi connectivity index (χ0n) is 9.20. The van der Waals surface area contributed by atoms with E-state index in [0.717, 1.165) is 6.07 Å². The molecule has 0 aliphatic carbocycles. The van der Waals surface area contributed by atoms with E-state index in [1.54, 1.807) is 0 Å². The largest absolute Gasteiger partial charge is 0.507 e. The topological polar surface area (TPSA) is 85.2 Å². The number of aromatic hydroxyl groups is 1. The van der Waals surface area contributed by atoms with Gasteiger partial charge in [-0.25, -0.2) is 0 Å². The van der Waals surface area contributed by atoms with Gasteiger partial charge in [0, 0.05) is 5.56 Å². The number of phenols is 1. The lowest BCUT2D eigenvalue weighted by atomic mass is 10.1. The summed E-state index contributed by atoms with van der Waals surface area (Å²) in [5.41, 5.74) is 3.89. The van der Waals surface area contributed by atoms with Gasteiger partial charge in [-0.2, -0.15) is 18.2 Å². The smallest absolute Gasteiger partial charge is 0.417 e. The molecule has 5 nitrogen and oxygen atoms in total. The van der Waals surface area contributed by atoms with Gasteiger partial charge in [0.25, 0.3) is 0 Å². The molecule has 0 unspecified atom stereocenters. The molecule has 3 N–H and O–H groups in total. The third-order valence-electron chi connectivity index (χ3n) is 2.28. The molecule has 0 aliphatic rings. The van der Waals surface area contributed by atoms with E-state index in [4.69, 9.17) is 5.73 Å². The molecule has 1 heterocycles. The monoisotopic (exact) mass is 337 g/mol. The number of alkyl halides is 3. The van der Waals surface area contributed by atoms with Gasteiger partial charge in [-0.3, -0.25) is 0 Å². The quantitative estimate of drug-likeness (QED) is 0.879. The van der Waals surface area contributed by atoms with Crippen molar-refractivity contribution in [2.75, 3.05) is 0 Å². The Kier molecular flexibility index (Phi) is 3.50. The third-order valence-corrected chi connectivity index (χ3v) is 2.91. The second-order valence-electron chi connectivity index (χ2n) is 3.56. The molecule has 0 saturated carbocycles. The van der Waals surface area contributed by atoms with E-state index < -0.39 is 17.5 Å². The minimum atomic E-state index is -4.66. The van der Waals surface area contributed by atoms with E-state index in [-0.39, 0.29) is 28.3 Å². The second-order valence-corrected chi connectivity index (χ2v) is 4.42. The predicted molar refractivity (Wildman–Crippen MR) is 62.0 cm³/mol. The molecule has 0 saturated heterocycles. The van der Waals surface area contributed by atoms with Crippen LogP contribution in [-0.2, 0) is 12.7 Å². The number of hydrogen-bond donors (Lipinski definition) is 2. The average molecular weight is 338 g/mol. The molecule has 0 radical (unpaired) electrons. The Morgan fingerprint density at radius 3 is 2.58 bits per heavy atom. The Balaban J connectivity index is 2.64. The van der Waals surface area contributed by atoms with Crippen molar-refractivity contribution in [2.24, 2.45) is 5.73 Å². The molecule has 2 aromatic rings. The molecule has 1 aromatic heterocycles. The van der Waals surface area contributed by atoms with Crippen LogP contribution in [0, 0.1) is 0 Å². The van der Waals surface area contributed by atoms with E-state index in [1.165, 1.54) is 0 Å². The van der Waals surface area contributed by atoms with Gasteiger partial charge in [0.05, 0.1) is 16.6 Å². The maximum absolute atomic E-state index is 12.9. The highest BCUT2D eigenvalue weighted by molar-refractivity contribution is 9.10. The lowest BCUT2D eigenvalue weighted by Gasteiger charge is -2.11. The van der Waals surface area contributed by atoms with Crippen LogP contribution in [0.5, 0.6) is 5.75 Å². The summed E-state index contributed by atoms with van der Waals surface area (Å²) < 4.78 is 43.5. The summed E-state index contributed by atoms with van der Waals surface area (Å²) in [4.78, 5) is 3.74. The first-order chi connectivity index (χ1) is 8.82. The molecule has 1 aromatic carbocycles. The first kappa shape index (κ1) is 13.8. The summed E-state index contributed by atoms with van der Waals surface area (Å²) >= 11 is 2.94. The summed E-state index contributed by atoms with van der Waals surface area (Å²) in [5, 5.41) is 12.8. The summed E-state index contributed by atoms with van der Waals surface area (Å²) in [7, 11) is 0. The highest BCUT2D eigenvalue weighted by atomic mass is 79.9. The summed E-state index contributed by atoms with van der Waals surface area (Å²) in [6.07, 6.45) is -4.66. The molecule has 102 valence electrons. The molecule has 0 spiro atoms. The first-order valence-corrected chi connectivity index (χ1v) is 5.75. The fourth-order valence-corrected chi connectivity index (χ4v) is 1.77. The number of nitrogens with two attached hydrogens (primary N) is 1. The Labute approximate surface area is 113 Å². The second kappa shape index (κ2) is 4.82. The van der Waals surface area contributed by atoms with Gasteiger partial charge < -0.3 is 15.4 Å². The lowest BCUT2D eigenvalue weighted by molar-refractivity contribution is -0.137. The van der Waals surface area contributed by atoms with Crippen molar-refractivity contribution in [3.63, 3.8) is 0 Å². The zero-order chi connectivity index (χ0) is 14.2. The van der Waals surface area contributed by atoms with E-state index >= 15 is 0 Å². The van der Waals surface area contributed by atoms with Crippen LogP contribution in [0.15, 0.2) is 21.1 Å². The molecular weight excluding hydrogens is 331 g/mol.